The summed E-state index contributed by atoms with van der Waals surface area (Å²) in [6, 6.07) is 8.21. The summed E-state index contributed by atoms with van der Waals surface area (Å²) in [5.74, 6) is -3.58. The zero-order valence-corrected chi connectivity index (χ0v) is 35.4. The van der Waals surface area contributed by atoms with Gasteiger partial charge in [0.05, 0.1) is 24.1 Å². The van der Waals surface area contributed by atoms with Crippen molar-refractivity contribution in [2.75, 3.05) is 31.6 Å². The molecule has 9 rings (SSSR count). The lowest BCUT2D eigenvalue weighted by atomic mass is 9.44. The average molecular weight is 840 g/mol. The zero-order valence-electron chi connectivity index (χ0n) is 35.4. The van der Waals surface area contributed by atoms with E-state index < -0.39 is 69.0 Å². The fourth-order valence-corrected chi connectivity index (χ4v) is 12.4. The Kier molecular flexibility index (Phi) is 10.0. The van der Waals surface area contributed by atoms with Gasteiger partial charge in [-0.15, -0.1) is 0 Å². The Morgan fingerprint density at radius 1 is 1.07 bits per heavy atom. The van der Waals surface area contributed by atoms with E-state index in [9.17, 15) is 29.4 Å². The van der Waals surface area contributed by atoms with Crippen LogP contribution in [0.4, 0.5) is 14.5 Å². The maximum atomic E-state index is 17.7. The molecule has 2 heterocycles. The third kappa shape index (κ3) is 6.11. The maximum absolute atomic E-state index is 17.7. The Morgan fingerprint density at radius 3 is 2.51 bits per heavy atom. The van der Waals surface area contributed by atoms with E-state index in [1.807, 2.05) is 23.3 Å². The van der Waals surface area contributed by atoms with E-state index in [2.05, 4.69) is 5.32 Å². The average Bonchev–Trinajstić information content (AvgIpc) is 4.05. The number of methoxy groups -OCH3 is 1. The van der Waals surface area contributed by atoms with Crippen LogP contribution in [-0.2, 0) is 27.4 Å². The number of nitrogens with zero attached hydrogens (tertiary/aromatic N) is 2. The quantitative estimate of drug-likeness (QED) is 0.216. The molecule has 5 fully saturated rings. The second-order valence-electron chi connectivity index (χ2n) is 19.1. The summed E-state index contributed by atoms with van der Waals surface area (Å²) in [6.45, 7) is 8.84. The van der Waals surface area contributed by atoms with Gasteiger partial charge in [0.25, 0.3) is 0 Å². The largest absolute Gasteiger partial charge is 0.492 e. The molecule has 0 bridgehead atoms. The first-order valence-electron chi connectivity index (χ1n) is 21.7. The lowest BCUT2D eigenvalue weighted by Gasteiger charge is -2.62. The van der Waals surface area contributed by atoms with Crippen LogP contribution in [0, 0.1) is 34.4 Å². The van der Waals surface area contributed by atoms with Crippen molar-refractivity contribution in [2.24, 2.45) is 28.6 Å². The summed E-state index contributed by atoms with van der Waals surface area (Å²) in [7, 11) is 1.45. The number of Topliss-reactive ketones (excluding diaryl/α,β-unsaturated/α-hetero) is 1. The molecule has 0 radical (unpaired) electrons. The van der Waals surface area contributed by atoms with Gasteiger partial charge in [0, 0.05) is 61.1 Å². The molecule has 5 aliphatic carbocycles. The SMILES string of the molecule is COc1c(N2CCNC(C)C2)c(F)cc2c(=O)c(C(=O)OCc3ccccc3CC(=O)[C@@]3(O)[C@H](C)CC4C5CCC6=CC(=O)C=C[C@]6(C)[C@@]5(F)[C@@H](O)C[C@@]43C)cn(C3CC3)c12. The van der Waals surface area contributed by atoms with E-state index in [1.165, 1.54) is 31.5 Å². The van der Waals surface area contributed by atoms with Gasteiger partial charge >= 0.3 is 5.97 Å². The van der Waals surface area contributed by atoms with Gasteiger partial charge in [-0.2, -0.15) is 0 Å². The number of alkyl halides is 1. The minimum absolute atomic E-state index is 0.0155. The number of aliphatic hydroxyl groups excluding tert-OH is 1. The van der Waals surface area contributed by atoms with Crippen LogP contribution in [0.15, 0.2) is 65.1 Å². The number of hydrogen-bond acceptors (Lipinski definition) is 10. The predicted molar refractivity (Wildman–Crippen MR) is 225 cm³/mol. The molecule has 11 nitrogen and oxygen atoms in total. The molecule has 4 saturated carbocycles. The highest BCUT2D eigenvalue weighted by molar-refractivity contribution is 6.01. The van der Waals surface area contributed by atoms with Crippen molar-refractivity contribution in [3.8, 4) is 5.75 Å². The number of ether oxygens (including phenoxy) is 2. The summed E-state index contributed by atoms with van der Waals surface area (Å²) in [5.41, 5.74) is -4.90. The molecule has 3 aromatic rings. The van der Waals surface area contributed by atoms with Gasteiger partial charge in [-0.05, 0) is 93.6 Å². The van der Waals surface area contributed by atoms with E-state index in [0.29, 0.717) is 61.1 Å². The fraction of sp³-hybridized carbons (Fsp3) is 0.542. The van der Waals surface area contributed by atoms with Crippen molar-refractivity contribution in [2.45, 2.75) is 109 Å². The Balaban J connectivity index is 0.972. The van der Waals surface area contributed by atoms with Crippen LogP contribution in [0.5, 0.6) is 5.75 Å². The van der Waals surface area contributed by atoms with Gasteiger partial charge in [0.15, 0.2) is 28.8 Å². The number of carbonyl (C=O) groups is 3. The Labute approximate surface area is 353 Å². The van der Waals surface area contributed by atoms with Crippen LogP contribution in [0.1, 0.15) is 93.7 Å². The summed E-state index contributed by atoms with van der Waals surface area (Å²) in [6.07, 6.45) is 6.93. The monoisotopic (exact) mass is 839 g/mol. The molecular formula is C48H55F2N3O8. The van der Waals surface area contributed by atoms with Crippen molar-refractivity contribution < 1.29 is 42.9 Å². The van der Waals surface area contributed by atoms with Crippen LogP contribution in [0.2, 0.25) is 0 Å². The molecule has 9 atom stereocenters. The van der Waals surface area contributed by atoms with Gasteiger partial charge in [-0.1, -0.05) is 49.8 Å². The number of nitrogens with one attached hydrogen (secondary N) is 1. The molecule has 3 unspecified atom stereocenters. The number of esters is 1. The number of benzene rings is 2. The van der Waals surface area contributed by atoms with E-state index in [1.54, 1.807) is 44.2 Å². The van der Waals surface area contributed by atoms with E-state index in [0.717, 1.165) is 12.8 Å². The van der Waals surface area contributed by atoms with Gasteiger partial charge in [0.1, 0.15) is 23.5 Å². The molecule has 6 aliphatic rings. The highest BCUT2D eigenvalue weighted by Gasteiger charge is 2.75. The van der Waals surface area contributed by atoms with Crippen molar-refractivity contribution in [1.82, 2.24) is 9.88 Å². The lowest BCUT2D eigenvalue weighted by molar-refractivity contribution is -0.218. The minimum atomic E-state index is -2.09. The van der Waals surface area contributed by atoms with Crippen LogP contribution >= 0.6 is 0 Å². The summed E-state index contributed by atoms with van der Waals surface area (Å²) in [4.78, 5) is 56.7. The van der Waals surface area contributed by atoms with Gasteiger partial charge in [0.2, 0.25) is 5.43 Å². The third-order valence-electron chi connectivity index (χ3n) is 15.7. The fourth-order valence-electron chi connectivity index (χ4n) is 12.4. The summed E-state index contributed by atoms with van der Waals surface area (Å²) < 4.78 is 47.2. The predicted octanol–water partition coefficient (Wildman–Crippen LogP) is 6.10. The van der Waals surface area contributed by atoms with Crippen LogP contribution in [0.3, 0.4) is 0 Å². The Hall–Kier alpha value is -4.72. The first kappa shape index (κ1) is 41.6. The number of aliphatic hydroxyl groups is 2. The molecule has 1 aromatic heterocycles. The first-order valence-corrected chi connectivity index (χ1v) is 21.7. The second kappa shape index (κ2) is 14.7. The third-order valence-corrected chi connectivity index (χ3v) is 15.7. The van der Waals surface area contributed by atoms with Crippen LogP contribution in [0.25, 0.3) is 10.9 Å². The summed E-state index contributed by atoms with van der Waals surface area (Å²) in [5, 5.41) is 27.8. The molecule has 3 N–H and O–H groups in total. The first-order chi connectivity index (χ1) is 29.0. The number of fused-ring (bicyclic) bond motifs is 6. The van der Waals surface area contributed by atoms with Crippen molar-refractivity contribution in [3.05, 3.63) is 93.1 Å². The molecule has 61 heavy (non-hydrogen) atoms. The molecule has 0 amide bonds. The number of pyridine rings is 1. The topological polar surface area (TPSA) is 147 Å². The van der Waals surface area contributed by atoms with Gasteiger partial charge in [-0.3, -0.25) is 14.4 Å². The molecule has 0 spiro atoms. The molecule has 13 heteroatoms. The number of aromatic nitrogens is 1. The highest BCUT2D eigenvalue weighted by Crippen LogP contribution is 2.70. The number of halogens is 2. The van der Waals surface area contributed by atoms with Crippen molar-refractivity contribution >= 4 is 34.1 Å². The molecular weight excluding hydrogens is 785 g/mol. The molecule has 324 valence electrons. The van der Waals surface area contributed by atoms with Gasteiger partial charge in [-0.25, -0.2) is 13.6 Å². The number of allylic oxidation sites excluding steroid dienone is 4. The number of rotatable bonds is 9. The maximum Gasteiger partial charge on any atom is 0.343 e. The highest BCUT2D eigenvalue weighted by atomic mass is 19.1. The lowest BCUT2D eigenvalue weighted by Crippen LogP contribution is -2.69. The van der Waals surface area contributed by atoms with Crippen LogP contribution in [-0.4, -0.2) is 82.5 Å². The van der Waals surface area contributed by atoms with E-state index in [4.69, 9.17) is 9.47 Å². The van der Waals surface area contributed by atoms with Gasteiger partial charge < -0.3 is 34.5 Å². The minimum Gasteiger partial charge on any atom is -0.492 e. The number of piperazine rings is 1. The van der Waals surface area contributed by atoms with Crippen molar-refractivity contribution in [1.29, 1.82) is 0 Å². The van der Waals surface area contributed by atoms with Crippen LogP contribution < -0.4 is 20.4 Å². The summed E-state index contributed by atoms with van der Waals surface area (Å²) >= 11 is 0. The van der Waals surface area contributed by atoms with E-state index in [-0.39, 0.29) is 59.7 Å². The normalized spacial score (nSPS) is 34.4. The standard InChI is InChI=1S/C48H55F2N3O8/c1-26-18-36-35-13-10-30-20-32(54)14-15-45(30,3)47(35,50)39(56)22-46(36,4)48(26,59)38(55)19-28-8-6-7-9-29(28)25-61-44(58)34-24-53(31-11-12-31)40-33(42(34)57)21-37(49)41(43(40)60-5)52-17-16-51-27(2)23-52/h6-9,14-15,20-21,24,26-27,31,35-36,39,51,56,59H,10-13,16-19,22-23,25H2,1-5H3/t26-,27?,35?,36?,39+,45+,46+,47+,48+/m1/s1. The molecule has 2 aromatic carbocycles. The smallest absolute Gasteiger partial charge is 0.343 e. The second-order valence-corrected chi connectivity index (χ2v) is 19.1. The number of ketones is 2. The van der Waals surface area contributed by atoms with Crippen molar-refractivity contribution in [3.63, 3.8) is 0 Å². The number of anilines is 1. The van der Waals surface area contributed by atoms with E-state index >= 15 is 8.78 Å². The molecule has 1 saturated heterocycles. The number of hydrogen-bond donors (Lipinski definition) is 3. The zero-order chi connectivity index (χ0) is 43.4. The molecule has 1 aliphatic heterocycles. The number of carbonyl (C=O) groups excluding carboxylic acids is 3. The Morgan fingerprint density at radius 2 is 1.80 bits per heavy atom. The Bertz CT molecular complexity index is 2480.